The summed E-state index contributed by atoms with van der Waals surface area (Å²) >= 11 is 12.3. The maximum absolute atomic E-state index is 9.81. The fourth-order valence-electron chi connectivity index (χ4n) is 0.890. The summed E-state index contributed by atoms with van der Waals surface area (Å²) in [5, 5.41) is 19.8. The van der Waals surface area contributed by atoms with Crippen LogP contribution in [0.4, 0.5) is 0 Å². The minimum absolute atomic E-state index is 0.335. The van der Waals surface area contributed by atoms with E-state index in [2.05, 4.69) is 31.9 Å². The molecule has 2 nitrogen and oxygen atoms in total. The summed E-state index contributed by atoms with van der Waals surface area (Å²) in [6.45, 7) is 3.68. The highest BCUT2D eigenvalue weighted by molar-refractivity contribution is 9.10. The zero-order chi connectivity index (χ0) is 12.1. The third-order valence-electron chi connectivity index (χ3n) is 2.29. The molecule has 0 saturated heterocycles. The van der Waals surface area contributed by atoms with Crippen LogP contribution in [0.1, 0.15) is 20.3 Å². The van der Waals surface area contributed by atoms with Crippen molar-refractivity contribution < 1.29 is 10.2 Å². The Balaban J connectivity index is 4.26. The van der Waals surface area contributed by atoms with Crippen LogP contribution in [0.2, 0.25) is 0 Å². The van der Waals surface area contributed by atoms with Crippen molar-refractivity contribution in [1.82, 2.24) is 0 Å². The predicted molar refractivity (Wildman–Crippen MR) is 72.2 cm³/mol. The lowest BCUT2D eigenvalue weighted by atomic mass is 10.0. The van der Waals surface area contributed by atoms with Crippen molar-refractivity contribution in [3.8, 4) is 0 Å². The second-order valence-corrected chi connectivity index (χ2v) is 6.51. The second-order valence-electron chi connectivity index (χ2n) is 3.78. The van der Waals surface area contributed by atoms with Gasteiger partial charge in [-0.3, -0.25) is 0 Å². The molecule has 0 aliphatic heterocycles. The number of halogens is 3. The van der Waals surface area contributed by atoms with Gasteiger partial charge in [-0.2, -0.15) is 0 Å². The summed E-state index contributed by atoms with van der Waals surface area (Å²) < 4.78 is -0.481. The van der Waals surface area contributed by atoms with E-state index in [0.717, 1.165) is 5.57 Å². The summed E-state index contributed by atoms with van der Waals surface area (Å²) in [7, 11) is 0. The van der Waals surface area contributed by atoms with Crippen LogP contribution in [0.3, 0.4) is 0 Å². The third-order valence-corrected chi connectivity index (χ3v) is 4.59. The molecule has 5 heteroatoms. The van der Waals surface area contributed by atoms with E-state index >= 15 is 0 Å². The molecule has 0 bridgehead atoms. The zero-order valence-electron chi connectivity index (χ0n) is 8.88. The number of aliphatic hydroxyl groups excluding tert-OH is 2. The topological polar surface area (TPSA) is 40.5 Å². The zero-order valence-corrected chi connectivity index (χ0v) is 12.8. The van der Waals surface area contributed by atoms with Crippen LogP contribution in [0.25, 0.3) is 0 Å². The smallest absolute Gasteiger partial charge is 0.0844 e. The Labute approximate surface area is 113 Å². The first-order chi connectivity index (χ1) is 6.85. The average molecular weight is 365 g/mol. The van der Waals surface area contributed by atoms with Gasteiger partial charge in [0.05, 0.1) is 16.5 Å². The van der Waals surface area contributed by atoms with Gasteiger partial charge in [-0.05, 0) is 25.8 Å². The maximum atomic E-state index is 9.81. The molecule has 2 N–H and O–H groups in total. The van der Waals surface area contributed by atoms with E-state index in [-0.39, 0.29) is 0 Å². The van der Waals surface area contributed by atoms with Crippen LogP contribution in [0.15, 0.2) is 11.6 Å². The molecule has 0 amide bonds. The van der Waals surface area contributed by atoms with E-state index in [4.69, 9.17) is 11.6 Å². The average Bonchev–Trinajstić information content (AvgIpc) is 2.23. The third kappa shape index (κ3) is 5.68. The van der Waals surface area contributed by atoms with Crippen molar-refractivity contribution in [1.29, 1.82) is 0 Å². The van der Waals surface area contributed by atoms with E-state index in [1.165, 1.54) is 0 Å². The Morgan fingerprint density at radius 2 is 2.07 bits per heavy atom. The van der Waals surface area contributed by atoms with E-state index in [1.54, 1.807) is 0 Å². The van der Waals surface area contributed by atoms with Crippen LogP contribution in [0, 0.1) is 0 Å². The molecular weight excluding hydrogens is 347 g/mol. The van der Waals surface area contributed by atoms with Crippen LogP contribution < -0.4 is 0 Å². The van der Waals surface area contributed by atoms with Crippen molar-refractivity contribution in [2.75, 3.05) is 11.2 Å². The molecule has 0 rings (SSSR count). The van der Waals surface area contributed by atoms with Crippen molar-refractivity contribution >= 4 is 43.5 Å². The number of rotatable bonds is 6. The van der Waals surface area contributed by atoms with E-state index in [0.29, 0.717) is 17.6 Å². The Kier molecular flexibility index (Phi) is 7.72. The largest absolute Gasteiger partial charge is 0.391 e. The molecule has 15 heavy (non-hydrogen) atoms. The fraction of sp³-hybridized carbons (Fsp3) is 0.800. The Morgan fingerprint density at radius 1 is 1.53 bits per heavy atom. The van der Waals surface area contributed by atoms with Crippen LogP contribution in [-0.2, 0) is 0 Å². The summed E-state index contributed by atoms with van der Waals surface area (Å²) in [4.78, 5) is 0. The van der Waals surface area contributed by atoms with Gasteiger partial charge in [-0.1, -0.05) is 37.9 Å². The highest BCUT2D eigenvalue weighted by Crippen LogP contribution is 2.26. The Bertz CT molecular complexity index is 219. The van der Waals surface area contributed by atoms with Crippen molar-refractivity contribution in [3.63, 3.8) is 0 Å². The molecule has 90 valence electrons. The van der Waals surface area contributed by atoms with Gasteiger partial charge in [0.25, 0.3) is 0 Å². The summed E-state index contributed by atoms with van der Waals surface area (Å²) in [5.41, 5.74) is 0.851. The molecule has 0 fully saturated rings. The van der Waals surface area contributed by atoms with Gasteiger partial charge in [-0.25, -0.2) is 0 Å². The fourth-order valence-corrected chi connectivity index (χ4v) is 1.77. The molecule has 0 aromatic carbocycles. The van der Waals surface area contributed by atoms with Crippen molar-refractivity contribution in [2.45, 2.75) is 36.8 Å². The Hall–Kier alpha value is 0.910. The maximum Gasteiger partial charge on any atom is 0.0844 e. The first kappa shape index (κ1) is 15.9. The summed E-state index contributed by atoms with van der Waals surface area (Å²) in [6.07, 6.45) is 1.26. The molecular formula is C10H17Br2ClO2. The van der Waals surface area contributed by atoms with E-state index in [9.17, 15) is 10.2 Å². The van der Waals surface area contributed by atoms with Crippen LogP contribution >= 0.6 is 43.5 Å². The number of hydrogen-bond donors (Lipinski definition) is 2. The van der Waals surface area contributed by atoms with Gasteiger partial charge < -0.3 is 10.2 Å². The first-order valence-corrected chi connectivity index (χ1v) is 7.13. The highest BCUT2D eigenvalue weighted by Gasteiger charge is 2.28. The van der Waals surface area contributed by atoms with Crippen molar-refractivity contribution in [2.24, 2.45) is 0 Å². The molecule has 0 spiro atoms. The summed E-state index contributed by atoms with van der Waals surface area (Å²) in [5.74, 6) is 0.335. The van der Waals surface area contributed by atoms with Gasteiger partial charge in [0.15, 0.2) is 0 Å². The number of alkyl halides is 3. The molecule has 0 saturated carbocycles. The quantitative estimate of drug-likeness (QED) is 0.562. The lowest BCUT2D eigenvalue weighted by molar-refractivity contribution is 0.148. The molecule has 0 aliphatic carbocycles. The monoisotopic (exact) mass is 362 g/mol. The molecule has 0 aromatic rings. The normalized spacial score (nSPS) is 20.9. The van der Waals surface area contributed by atoms with Gasteiger partial charge in [-0.15, -0.1) is 11.6 Å². The molecule has 0 radical (unpaired) electrons. The van der Waals surface area contributed by atoms with Gasteiger partial charge in [0.2, 0.25) is 0 Å². The van der Waals surface area contributed by atoms with Gasteiger partial charge in [0, 0.05) is 11.2 Å². The predicted octanol–water partition coefficient (Wildman–Crippen LogP) is 2.83. The lowest BCUT2D eigenvalue weighted by Crippen LogP contribution is -2.34. The minimum atomic E-state index is -0.563. The van der Waals surface area contributed by atoms with Gasteiger partial charge >= 0.3 is 0 Å². The SMILES string of the molecule is C/C(=C\C[C@@H](O)C(C)(Br)CCl)[C@@H](O)CBr. The molecule has 0 heterocycles. The Morgan fingerprint density at radius 3 is 2.47 bits per heavy atom. The second kappa shape index (κ2) is 7.28. The standard InChI is InChI=1S/C10H17Br2ClO2/c1-7(8(14)5-11)3-4-9(15)10(2,12)6-13/h3,8-9,14-15H,4-6H2,1-2H3/b7-3+/t8-,9+,10?/m0/s1. The van der Waals surface area contributed by atoms with E-state index < -0.39 is 16.5 Å². The molecule has 3 atom stereocenters. The first-order valence-electron chi connectivity index (χ1n) is 4.68. The number of hydrogen-bond acceptors (Lipinski definition) is 2. The van der Waals surface area contributed by atoms with Crippen LogP contribution in [-0.4, -0.2) is 38.0 Å². The van der Waals surface area contributed by atoms with E-state index in [1.807, 2.05) is 19.9 Å². The molecule has 1 unspecified atom stereocenters. The van der Waals surface area contributed by atoms with Crippen molar-refractivity contribution in [3.05, 3.63) is 11.6 Å². The lowest BCUT2D eigenvalue weighted by Gasteiger charge is -2.25. The summed E-state index contributed by atoms with van der Waals surface area (Å²) in [6, 6.07) is 0. The highest BCUT2D eigenvalue weighted by atomic mass is 79.9. The van der Waals surface area contributed by atoms with Crippen LogP contribution in [0.5, 0.6) is 0 Å². The molecule has 0 aliphatic rings. The molecule has 0 aromatic heterocycles. The van der Waals surface area contributed by atoms with Gasteiger partial charge in [0.1, 0.15) is 0 Å². The minimum Gasteiger partial charge on any atom is -0.391 e. The number of aliphatic hydroxyl groups is 2.